The van der Waals surface area contributed by atoms with Crippen molar-refractivity contribution in [3.63, 3.8) is 0 Å². The van der Waals surface area contributed by atoms with Gasteiger partial charge in [0.05, 0.1) is 6.61 Å². The largest absolute Gasteiger partial charge is 0.397 e. The molecule has 0 aliphatic carbocycles. The summed E-state index contributed by atoms with van der Waals surface area (Å²) in [4.78, 5) is 0. The van der Waals surface area contributed by atoms with Gasteiger partial charge in [0.15, 0.2) is 0 Å². The summed E-state index contributed by atoms with van der Waals surface area (Å²) in [6.45, 7) is 3.46. The third-order valence-corrected chi connectivity index (χ3v) is 1.63. The van der Waals surface area contributed by atoms with Gasteiger partial charge in [0.2, 0.25) is 0 Å². The molecule has 0 saturated carbocycles. The molecule has 0 aromatic heterocycles. The van der Waals surface area contributed by atoms with Gasteiger partial charge in [0.1, 0.15) is 0 Å². The van der Waals surface area contributed by atoms with Gasteiger partial charge in [0.25, 0.3) is 0 Å². The molecule has 0 aromatic carbocycles. The van der Waals surface area contributed by atoms with E-state index in [0.717, 1.165) is 13.0 Å². The predicted molar refractivity (Wildman–Crippen MR) is 44.3 cm³/mol. The second kappa shape index (κ2) is 6.36. The maximum absolute atomic E-state index is 10.0. The summed E-state index contributed by atoms with van der Waals surface area (Å²) in [5.74, 6) is 0. The zero-order valence-corrected chi connectivity index (χ0v) is 7.88. The van der Waals surface area contributed by atoms with Crippen molar-refractivity contribution in [2.75, 3.05) is 19.7 Å². The van der Waals surface area contributed by atoms with Crippen molar-refractivity contribution < 1.29 is 17.2 Å². The second-order valence-corrected chi connectivity index (χ2v) is 3.31. The van der Waals surface area contributed by atoms with Crippen molar-refractivity contribution in [2.24, 2.45) is 0 Å². The van der Waals surface area contributed by atoms with E-state index in [2.05, 4.69) is 9.50 Å². The fraction of sp³-hybridized carbons (Fsp3) is 1.00. The quantitative estimate of drug-likeness (QED) is 0.466. The van der Waals surface area contributed by atoms with Gasteiger partial charge in [-0.3, -0.25) is 4.55 Å². The van der Waals surface area contributed by atoms with Gasteiger partial charge in [-0.05, 0) is 12.8 Å². The zero-order valence-electron chi connectivity index (χ0n) is 7.06. The summed E-state index contributed by atoms with van der Waals surface area (Å²) in [5, 5.41) is 4.04. The first-order chi connectivity index (χ1) is 5.56. The first kappa shape index (κ1) is 11.8. The van der Waals surface area contributed by atoms with Crippen molar-refractivity contribution in [3.8, 4) is 0 Å². The van der Waals surface area contributed by atoms with Crippen LogP contribution in [0.1, 0.15) is 19.8 Å². The average Bonchev–Trinajstić information content (AvgIpc) is 1.94. The molecule has 0 spiro atoms. The Bertz CT molecular complexity index is 190. The van der Waals surface area contributed by atoms with E-state index in [4.69, 9.17) is 4.55 Å². The Morgan fingerprint density at radius 2 is 2.08 bits per heavy atom. The first-order valence-corrected chi connectivity index (χ1v) is 5.18. The van der Waals surface area contributed by atoms with Gasteiger partial charge < -0.3 is 0 Å². The Kier molecular flexibility index (Phi) is 6.27. The molecule has 0 aliphatic rings. The molecule has 0 saturated heterocycles. The highest BCUT2D eigenvalue weighted by atomic mass is 32.3. The van der Waals surface area contributed by atoms with Crippen LogP contribution in [-0.2, 0) is 14.6 Å². The minimum Gasteiger partial charge on any atom is -0.264 e. The van der Waals surface area contributed by atoms with Crippen LogP contribution in [0, 0.1) is 0 Å². The van der Waals surface area contributed by atoms with Crippen LogP contribution >= 0.6 is 0 Å². The lowest BCUT2D eigenvalue weighted by Gasteiger charge is -1.99. The van der Waals surface area contributed by atoms with E-state index in [1.807, 2.05) is 6.92 Å². The highest BCUT2D eigenvalue weighted by molar-refractivity contribution is 7.80. The average molecular weight is 196 g/mol. The first-order valence-electron chi connectivity index (χ1n) is 3.81. The van der Waals surface area contributed by atoms with E-state index >= 15 is 0 Å². The van der Waals surface area contributed by atoms with Crippen LogP contribution in [0.3, 0.4) is 0 Å². The molecule has 1 radical (unpaired) electrons. The molecular weight excluding hydrogens is 182 g/mol. The van der Waals surface area contributed by atoms with Gasteiger partial charge in [0, 0.05) is 13.1 Å². The van der Waals surface area contributed by atoms with E-state index in [1.165, 1.54) is 0 Å². The lowest BCUT2D eigenvalue weighted by atomic mass is 10.3. The Balaban J connectivity index is 3.12. The van der Waals surface area contributed by atoms with Crippen molar-refractivity contribution in [3.05, 3.63) is 0 Å². The number of hydrogen-bond acceptors (Lipinski definition) is 3. The van der Waals surface area contributed by atoms with Gasteiger partial charge in [-0.1, -0.05) is 6.92 Å². The predicted octanol–water partition coefficient (Wildman–Crippen LogP) is 0.210. The summed E-state index contributed by atoms with van der Waals surface area (Å²) in [6.07, 6.45) is 1.37. The van der Waals surface area contributed by atoms with E-state index < -0.39 is 10.4 Å². The second-order valence-electron chi connectivity index (χ2n) is 2.22. The van der Waals surface area contributed by atoms with E-state index in [9.17, 15) is 8.42 Å². The van der Waals surface area contributed by atoms with Crippen molar-refractivity contribution in [2.45, 2.75) is 19.8 Å². The maximum Gasteiger partial charge on any atom is 0.397 e. The van der Waals surface area contributed by atoms with Crippen LogP contribution in [0.15, 0.2) is 0 Å². The molecule has 0 aliphatic heterocycles. The van der Waals surface area contributed by atoms with Crippen LogP contribution in [0.4, 0.5) is 0 Å². The molecule has 1 N–H and O–H groups in total. The zero-order chi connectivity index (χ0) is 9.45. The molecule has 73 valence electrons. The smallest absolute Gasteiger partial charge is 0.264 e. The van der Waals surface area contributed by atoms with E-state index in [0.29, 0.717) is 13.0 Å². The molecular formula is C6H14NO4S. The molecule has 0 fully saturated rings. The fourth-order valence-electron chi connectivity index (χ4n) is 0.648. The number of unbranched alkanes of at least 4 members (excludes halogenated alkanes) is 1. The van der Waals surface area contributed by atoms with Crippen molar-refractivity contribution in [1.29, 1.82) is 0 Å². The molecule has 5 nitrogen and oxygen atoms in total. The monoisotopic (exact) mass is 196 g/mol. The lowest BCUT2D eigenvalue weighted by molar-refractivity contribution is 0.262. The standard InChI is InChI=1S/C6H14NO4S/c1-2-7-5-3-4-6-11-12(8,9)10/h2-6H2,1H3,(H,8,9,10). The summed E-state index contributed by atoms with van der Waals surface area (Å²) < 4.78 is 32.3. The van der Waals surface area contributed by atoms with Gasteiger partial charge in [-0.15, -0.1) is 0 Å². The highest BCUT2D eigenvalue weighted by Crippen LogP contribution is 1.92. The molecule has 0 unspecified atom stereocenters. The third-order valence-electron chi connectivity index (χ3n) is 1.17. The molecule has 6 heteroatoms. The van der Waals surface area contributed by atoms with Crippen LogP contribution in [0.2, 0.25) is 0 Å². The van der Waals surface area contributed by atoms with Crippen LogP contribution in [-0.4, -0.2) is 32.7 Å². The fourth-order valence-corrected chi connectivity index (χ4v) is 0.976. The van der Waals surface area contributed by atoms with Gasteiger partial charge in [-0.2, -0.15) is 8.42 Å². The lowest BCUT2D eigenvalue weighted by Crippen LogP contribution is -2.08. The summed E-state index contributed by atoms with van der Waals surface area (Å²) >= 11 is 0. The van der Waals surface area contributed by atoms with E-state index in [1.54, 1.807) is 0 Å². The number of nitrogens with zero attached hydrogens (tertiary/aromatic N) is 1. The Hall–Kier alpha value is -0.170. The van der Waals surface area contributed by atoms with Gasteiger partial charge >= 0.3 is 10.4 Å². The molecule has 0 bridgehead atoms. The Morgan fingerprint density at radius 1 is 1.42 bits per heavy atom. The minimum absolute atomic E-state index is 0.0259. The van der Waals surface area contributed by atoms with Crippen molar-refractivity contribution >= 4 is 10.4 Å². The third kappa shape index (κ3) is 9.83. The molecule has 12 heavy (non-hydrogen) atoms. The van der Waals surface area contributed by atoms with Crippen LogP contribution < -0.4 is 5.32 Å². The summed E-state index contributed by atoms with van der Waals surface area (Å²) in [5.41, 5.74) is 0. The van der Waals surface area contributed by atoms with Crippen LogP contribution in [0.25, 0.3) is 0 Å². The Labute approximate surface area is 73.1 Å². The van der Waals surface area contributed by atoms with Crippen LogP contribution in [0.5, 0.6) is 0 Å². The minimum atomic E-state index is -4.25. The molecule has 0 amide bonds. The van der Waals surface area contributed by atoms with Gasteiger partial charge in [-0.25, -0.2) is 9.50 Å². The molecule has 0 atom stereocenters. The molecule has 0 rings (SSSR count). The molecule has 0 heterocycles. The van der Waals surface area contributed by atoms with E-state index in [-0.39, 0.29) is 6.61 Å². The van der Waals surface area contributed by atoms with Crippen molar-refractivity contribution in [1.82, 2.24) is 5.32 Å². The SMILES string of the molecule is CC[N]CCCCOS(=O)(=O)O. The normalized spacial score (nSPS) is 11.8. The number of rotatable bonds is 7. The number of hydrogen-bond donors (Lipinski definition) is 1. The summed E-state index contributed by atoms with van der Waals surface area (Å²) in [7, 11) is -4.25. The Morgan fingerprint density at radius 3 is 2.58 bits per heavy atom. The maximum atomic E-state index is 10.0. The topological polar surface area (TPSA) is 77.7 Å². The highest BCUT2D eigenvalue weighted by Gasteiger charge is 2.02. The molecule has 0 aromatic rings. The summed E-state index contributed by atoms with van der Waals surface area (Å²) in [6, 6.07) is 0.